The molecule has 140 valence electrons. The van der Waals surface area contributed by atoms with E-state index in [9.17, 15) is 0 Å². The number of anilines is 1. The highest BCUT2D eigenvalue weighted by Gasteiger charge is 2.53. The van der Waals surface area contributed by atoms with E-state index in [0.717, 1.165) is 5.92 Å². The average molecular weight is 359 g/mol. The Morgan fingerprint density at radius 2 is 1.56 bits per heavy atom. The molecule has 2 aromatic carbocycles. The van der Waals surface area contributed by atoms with Crippen LogP contribution in [-0.2, 0) is 5.54 Å². The summed E-state index contributed by atoms with van der Waals surface area (Å²) in [4.78, 5) is 5.42. The fraction of sp³-hybridized carbons (Fsp3) is 0.440. The predicted molar refractivity (Wildman–Crippen MR) is 113 cm³/mol. The maximum atomic E-state index is 2.76. The molecule has 2 heterocycles. The van der Waals surface area contributed by atoms with Crippen molar-refractivity contribution in [3.63, 3.8) is 0 Å². The molecule has 1 atom stereocenters. The van der Waals surface area contributed by atoms with Gasteiger partial charge in [-0.15, -0.1) is 0 Å². The molecule has 0 aromatic heterocycles. The van der Waals surface area contributed by atoms with Gasteiger partial charge < -0.3 is 9.80 Å². The van der Waals surface area contributed by atoms with E-state index in [4.69, 9.17) is 0 Å². The predicted octanol–water partition coefficient (Wildman–Crippen LogP) is 6.27. The second-order valence-electron chi connectivity index (χ2n) is 9.02. The molecule has 1 unspecified atom stereocenters. The third-order valence-corrected chi connectivity index (χ3v) is 7.11. The Bertz CT molecular complexity index is 917. The highest BCUT2D eigenvalue weighted by atomic mass is 15.5. The van der Waals surface area contributed by atoms with Crippen LogP contribution in [0.3, 0.4) is 0 Å². The van der Waals surface area contributed by atoms with E-state index in [1.54, 1.807) is 0 Å². The summed E-state index contributed by atoms with van der Waals surface area (Å²) in [6, 6.07) is 17.9. The Hall–Kier alpha value is -2.22. The number of rotatable bonds is 2. The van der Waals surface area contributed by atoms with Crippen LogP contribution in [0.2, 0.25) is 0 Å². The van der Waals surface area contributed by atoms with Crippen LogP contribution in [0, 0.1) is 12.8 Å². The quantitative estimate of drug-likeness (QED) is 0.624. The van der Waals surface area contributed by atoms with Crippen LogP contribution in [0.4, 0.5) is 5.69 Å². The smallest absolute Gasteiger partial charge is 0.110 e. The van der Waals surface area contributed by atoms with Gasteiger partial charge in [-0.2, -0.15) is 0 Å². The minimum absolute atomic E-state index is 0.0257. The molecule has 1 aliphatic carbocycles. The van der Waals surface area contributed by atoms with Crippen LogP contribution >= 0.6 is 0 Å². The topological polar surface area (TPSA) is 6.48 Å². The first-order valence-electron chi connectivity index (χ1n) is 10.5. The van der Waals surface area contributed by atoms with E-state index in [-0.39, 0.29) is 5.54 Å². The van der Waals surface area contributed by atoms with Crippen molar-refractivity contribution < 1.29 is 0 Å². The zero-order chi connectivity index (χ0) is 18.8. The Labute approximate surface area is 163 Å². The third-order valence-electron chi connectivity index (χ3n) is 7.11. The molecule has 0 N–H and O–H groups in total. The summed E-state index contributed by atoms with van der Waals surface area (Å²) in [5.74, 6) is 0.727. The summed E-state index contributed by atoms with van der Waals surface area (Å²) < 4.78 is 0. The fourth-order valence-electron chi connectivity index (χ4n) is 5.86. The molecule has 0 amide bonds. The van der Waals surface area contributed by atoms with Crippen LogP contribution < -0.4 is 4.90 Å². The average Bonchev–Trinajstić information content (AvgIpc) is 3.33. The molecular weight excluding hydrogens is 328 g/mol. The highest BCUT2D eigenvalue weighted by molar-refractivity contribution is 5.82. The maximum Gasteiger partial charge on any atom is 0.110 e. The SMILES string of the molecule is CC1=C2c3ccccc3C(C)(C)N2C(C2CCCC2)N1c1ccccc1C. The maximum absolute atomic E-state index is 2.76. The monoisotopic (exact) mass is 358 g/mol. The highest BCUT2D eigenvalue weighted by Crippen LogP contribution is 2.56. The van der Waals surface area contributed by atoms with Crippen LogP contribution in [0.25, 0.3) is 5.70 Å². The number of fused-ring (bicyclic) bond motifs is 3. The van der Waals surface area contributed by atoms with Crippen molar-refractivity contribution in [1.82, 2.24) is 4.90 Å². The lowest BCUT2D eigenvalue weighted by molar-refractivity contribution is 0.128. The normalized spacial score (nSPS) is 23.9. The van der Waals surface area contributed by atoms with Crippen molar-refractivity contribution >= 4 is 11.4 Å². The van der Waals surface area contributed by atoms with Gasteiger partial charge in [0.25, 0.3) is 0 Å². The van der Waals surface area contributed by atoms with Gasteiger partial charge in [0.2, 0.25) is 0 Å². The summed E-state index contributed by atoms with van der Waals surface area (Å²) in [7, 11) is 0. The van der Waals surface area contributed by atoms with Crippen molar-refractivity contribution in [2.75, 3.05) is 4.90 Å². The molecule has 2 heteroatoms. The van der Waals surface area contributed by atoms with Crippen LogP contribution in [0.1, 0.15) is 63.1 Å². The summed E-state index contributed by atoms with van der Waals surface area (Å²) in [6.07, 6.45) is 5.86. The van der Waals surface area contributed by atoms with Crippen LogP contribution in [-0.4, -0.2) is 11.1 Å². The van der Waals surface area contributed by atoms with E-state index in [1.807, 2.05) is 0 Å². The number of nitrogens with zero attached hydrogens (tertiary/aromatic N) is 2. The second kappa shape index (κ2) is 5.89. The molecule has 3 aliphatic rings. The largest absolute Gasteiger partial charge is 0.339 e. The second-order valence-corrected chi connectivity index (χ2v) is 9.02. The van der Waals surface area contributed by atoms with Gasteiger partial charge in [0.15, 0.2) is 0 Å². The molecule has 2 aliphatic heterocycles. The Morgan fingerprint density at radius 3 is 2.30 bits per heavy atom. The van der Waals surface area contributed by atoms with Crippen molar-refractivity contribution in [3.05, 3.63) is 70.9 Å². The molecular formula is C25H30N2. The summed E-state index contributed by atoms with van der Waals surface area (Å²) in [5, 5.41) is 0. The van der Waals surface area contributed by atoms with Gasteiger partial charge in [-0.25, -0.2) is 0 Å². The van der Waals surface area contributed by atoms with E-state index < -0.39 is 0 Å². The first kappa shape index (κ1) is 16.9. The van der Waals surface area contributed by atoms with E-state index in [1.165, 1.54) is 59.5 Å². The number of para-hydroxylation sites is 1. The van der Waals surface area contributed by atoms with Crippen molar-refractivity contribution in [2.24, 2.45) is 5.92 Å². The first-order chi connectivity index (χ1) is 13.0. The number of hydrogen-bond donors (Lipinski definition) is 0. The summed E-state index contributed by atoms with van der Waals surface area (Å²) >= 11 is 0. The molecule has 0 saturated heterocycles. The minimum Gasteiger partial charge on any atom is -0.339 e. The van der Waals surface area contributed by atoms with Gasteiger partial charge >= 0.3 is 0 Å². The van der Waals surface area contributed by atoms with Gasteiger partial charge in [-0.05, 0) is 63.6 Å². The lowest BCUT2D eigenvalue weighted by Gasteiger charge is -2.44. The van der Waals surface area contributed by atoms with Crippen molar-refractivity contribution in [3.8, 4) is 0 Å². The molecule has 5 rings (SSSR count). The lowest BCUT2D eigenvalue weighted by atomic mass is 9.91. The number of benzene rings is 2. The summed E-state index contributed by atoms with van der Waals surface area (Å²) in [5.41, 5.74) is 8.55. The zero-order valence-corrected chi connectivity index (χ0v) is 17.0. The van der Waals surface area contributed by atoms with E-state index >= 15 is 0 Å². The first-order valence-corrected chi connectivity index (χ1v) is 10.5. The molecule has 1 saturated carbocycles. The van der Waals surface area contributed by atoms with Crippen molar-refractivity contribution in [1.29, 1.82) is 0 Å². The summed E-state index contributed by atoms with van der Waals surface area (Å²) in [6.45, 7) is 9.41. The standard InChI is InChI=1S/C25H30N2/c1-17-11-5-10-16-22(17)26-18(2)23-20-14-8-9-15-21(20)25(3,4)27(23)24(26)19-12-6-7-13-19/h5,8-11,14-16,19,24H,6-7,12-13H2,1-4H3. The minimum atomic E-state index is 0.0257. The van der Waals surface area contributed by atoms with E-state index in [2.05, 4.69) is 86.0 Å². The molecule has 1 fully saturated rings. The molecule has 2 aromatic rings. The Balaban J connectivity index is 1.74. The van der Waals surface area contributed by atoms with Gasteiger partial charge in [0.05, 0.1) is 11.2 Å². The van der Waals surface area contributed by atoms with Crippen LogP contribution in [0.15, 0.2) is 54.2 Å². The molecule has 0 radical (unpaired) electrons. The molecule has 0 spiro atoms. The van der Waals surface area contributed by atoms with Gasteiger partial charge in [-0.1, -0.05) is 55.3 Å². The van der Waals surface area contributed by atoms with Crippen LogP contribution in [0.5, 0.6) is 0 Å². The number of hydrogen-bond acceptors (Lipinski definition) is 2. The Morgan fingerprint density at radius 1 is 0.889 bits per heavy atom. The zero-order valence-electron chi connectivity index (χ0n) is 17.0. The molecule has 2 nitrogen and oxygen atoms in total. The fourth-order valence-corrected chi connectivity index (χ4v) is 5.86. The van der Waals surface area contributed by atoms with E-state index in [0.29, 0.717) is 6.17 Å². The van der Waals surface area contributed by atoms with Gasteiger partial charge in [0, 0.05) is 16.9 Å². The third kappa shape index (κ3) is 2.25. The molecule has 0 bridgehead atoms. The number of allylic oxidation sites excluding steroid dienone is 1. The molecule has 27 heavy (non-hydrogen) atoms. The van der Waals surface area contributed by atoms with Gasteiger partial charge in [-0.3, -0.25) is 0 Å². The van der Waals surface area contributed by atoms with Crippen molar-refractivity contribution in [2.45, 2.75) is 65.1 Å². The number of aryl methyl sites for hydroxylation is 1. The lowest BCUT2D eigenvalue weighted by Crippen LogP contribution is -2.50. The van der Waals surface area contributed by atoms with Gasteiger partial charge in [0.1, 0.15) is 6.17 Å². The Kier molecular flexibility index (Phi) is 3.69.